The third-order valence-corrected chi connectivity index (χ3v) is 4.25. The second-order valence-corrected chi connectivity index (χ2v) is 6.71. The monoisotopic (exact) mass is 368 g/mol. The number of amides is 2. The molecule has 1 unspecified atom stereocenters. The van der Waals surface area contributed by atoms with Crippen molar-refractivity contribution >= 4 is 17.5 Å². The van der Waals surface area contributed by atoms with Gasteiger partial charge in [0.2, 0.25) is 0 Å². The van der Waals surface area contributed by atoms with Gasteiger partial charge in [-0.1, -0.05) is 25.5 Å². The Labute approximate surface area is 161 Å². The van der Waals surface area contributed by atoms with Crippen LogP contribution in [0.2, 0.25) is 0 Å². The molecule has 2 amide bonds. The molecule has 0 radical (unpaired) electrons. The lowest BCUT2D eigenvalue weighted by atomic mass is 10.1. The molecule has 5 nitrogen and oxygen atoms in total. The summed E-state index contributed by atoms with van der Waals surface area (Å²) in [7, 11) is 0. The largest absolute Gasteiger partial charge is 0.481 e. The lowest BCUT2D eigenvalue weighted by molar-refractivity contribution is -0.122. The second kappa shape index (κ2) is 9.76. The van der Waals surface area contributed by atoms with Gasteiger partial charge >= 0.3 is 0 Å². The molecule has 0 fully saturated rings. The molecule has 0 aliphatic carbocycles. The summed E-state index contributed by atoms with van der Waals surface area (Å²) in [5.41, 5.74) is 3.26. The topological polar surface area (TPSA) is 67.4 Å². The number of nitrogens with one attached hydrogen (secondary N) is 2. The molecule has 0 aromatic heterocycles. The van der Waals surface area contributed by atoms with E-state index in [0.717, 1.165) is 24.0 Å². The minimum atomic E-state index is -0.637. The molecule has 2 aromatic carbocycles. The van der Waals surface area contributed by atoms with Crippen molar-refractivity contribution in [3.8, 4) is 5.75 Å². The van der Waals surface area contributed by atoms with E-state index in [0.29, 0.717) is 23.5 Å². The van der Waals surface area contributed by atoms with Gasteiger partial charge in [0.15, 0.2) is 6.10 Å². The van der Waals surface area contributed by atoms with Crippen LogP contribution in [0.1, 0.15) is 48.2 Å². The van der Waals surface area contributed by atoms with Crippen LogP contribution in [0.3, 0.4) is 0 Å². The fourth-order valence-electron chi connectivity index (χ4n) is 2.51. The summed E-state index contributed by atoms with van der Waals surface area (Å²) >= 11 is 0. The average Bonchev–Trinajstić information content (AvgIpc) is 2.65. The first kappa shape index (κ1) is 20.5. The van der Waals surface area contributed by atoms with E-state index in [4.69, 9.17) is 4.74 Å². The van der Waals surface area contributed by atoms with Gasteiger partial charge in [-0.15, -0.1) is 0 Å². The predicted molar refractivity (Wildman–Crippen MR) is 108 cm³/mol. The molecule has 0 spiro atoms. The fraction of sp³-hybridized carbons (Fsp3) is 0.364. The highest BCUT2D eigenvalue weighted by Gasteiger charge is 2.16. The summed E-state index contributed by atoms with van der Waals surface area (Å²) in [6.45, 7) is 8.39. The highest BCUT2D eigenvalue weighted by atomic mass is 16.5. The van der Waals surface area contributed by atoms with Crippen molar-refractivity contribution < 1.29 is 14.3 Å². The van der Waals surface area contributed by atoms with Crippen molar-refractivity contribution in [3.05, 3.63) is 59.2 Å². The number of ether oxygens (including phenoxy) is 1. The van der Waals surface area contributed by atoms with Crippen LogP contribution in [-0.2, 0) is 4.79 Å². The smallest absolute Gasteiger partial charge is 0.265 e. The van der Waals surface area contributed by atoms with Gasteiger partial charge in [-0.25, -0.2) is 0 Å². The molecule has 27 heavy (non-hydrogen) atoms. The SMILES string of the molecule is CCCCNC(=O)c1ccc(NC(=O)C(C)Oc2cc(C)ccc2C)cc1. The molecule has 0 heterocycles. The molecule has 2 N–H and O–H groups in total. The van der Waals surface area contributed by atoms with Crippen molar-refractivity contribution in [3.63, 3.8) is 0 Å². The number of carbonyl (C=O) groups excluding carboxylic acids is 2. The van der Waals surface area contributed by atoms with Crippen molar-refractivity contribution in [2.24, 2.45) is 0 Å². The zero-order valence-corrected chi connectivity index (χ0v) is 16.5. The number of hydrogen-bond acceptors (Lipinski definition) is 3. The van der Waals surface area contributed by atoms with E-state index in [1.54, 1.807) is 31.2 Å². The van der Waals surface area contributed by atoms with Crippen LogP contribution < -0.4 is 15.4 Å². The van der Waals surface area contributed by atoms with Gasteiger partial charge < -0.3 is 15.4 Å². The molecule has 2 rings (SSSR count). The van der Waals surface area contributed by atoms with Gasteiger partial charge in [0.1, 0.15) is 5.75 Å². The summed E-state index contributed by atoms with van der Waals surface area (Å²) in [6, 6.07) is 12.7. The van der Waals surface area contributed by atoms with Crippen molar-refractivity contribution in [2.45, 2.75) is 46.6 Å². The van der Waals surface area contributed by atoms with Crippen molar-refractivity contribution in [1.82, 2.24) is 5.32 Å². The van der Waals surface area contributed by atoms with Gasteiger partial charge in [0.25, 0.3) is 11.8 Å². The van der Waals surface area contributed by atoms with Crippen LogP contribution in [-0.4, -0.2) is 24.5 Å². The number of rotatable bonds is 8. The van der Waals surface area contributed by atoms with Crippen LogP contribution in [0, 0.1) is 13.8 Å². The van der Waals surface area contributed by atoms with Gasteiger partial charge in [-0.2, -0.15) is 0 Å². The normalized spacial score (nSPS) is 11.6. The molecular weight excluding hydrogens is 340 g/mol. The minimum Gasteiger partial charge on any atom is -0.481 e. The zero-order chi connectivity index (χ0) is 19.8. The Kier molecular flexibility index (Phi) is 7.41. The van der Waals surface area contributed by atoms with Crippen LogP contribution in [0.4, 0.5) is 5.69 Å². The van der Waals surface area contributed by atoms with Crippen LogP contribution in [0.5, 0.6) is 5.75 Å². The third-order valence-electron chi connectivity index (χ3n) is 4.25. The molecule has 2 aromatic rings. The lowest BCUT2D eigenvalue weighted by Crippen LogP contribution is -2.30. The molecule has 0 aliphatic heterocycles. The molecule has 1 atom stereocenters. The first-order valence-corrected chi connectivity index (χ1v) is 9.33. The Morgan fingerprint density at radius 3 is 2.44 bits per heavy atom. The van der Waals surface area contributed by atoms with E-state index in [9.17, 15) is 9.59 Å². The van der Waals surface area contributed by atoms with E-state index >= 15 is 0 Å². The maximum atomic E-state index is 12.4. The van der Waals surface area contributed by atoms with Crippen molar-refractivity contribution in [2.75, 3.05) is 11.9 Å². The number of benzene rings is 2. The number of carbonyl (C=O) groups is 2. The summed E-state index contributed by atoms with van der Waals surface area (Å²) in [5.74, 6) is 0.362. The summed E-state index contributed by atoms with van der Waals surface area (Å²) in [4.78, 5) is 24.4. The summed E-state index contributed by atoms with van der Waals surface area (Å²) in [5, 5.41) is 5.69. The first-order chi connectivity index (χ1) is 12.9. The minimum absolute atomic E-state index is 0.104. The first-order valence-electron chi connectivity index (χ1n) is 9.33. The molecule has 0 bridgehead atoms. The highest BCUT2D eigenvalue weighted by Crippen LogP contribution is 2.21. The number of hydrogen-bond donors (Lipinski definition) is 2. The second-order valence-electron chi connectivity index (χ2n) is 6.71. The maximum absolute atomic E-state index is 12.4. The van der Waals surface area contributed by atoms with E-state index in [1.165, 1.54) is 0 Å². The Hall–Kier alpha value is -2.82. The Morgan fingerprint density at radius 1 is 1.07 bits per heavy atom. The number of aryl methyl sites for hydroxylation is 2. The molecule has 144 valence electrons. The predicted octanol–water partition coefficient (Wildman–Crippen LogP) is 4.24. The zero-order valence-electron chi connectivity index (χ0n) is 16.5. The molecule has 0 saturated carbocycles. The van der Waals surface area contributed by atoms with Crippen LogP contribution in [0.25, 0.3) is 0 Å². The Bertz CT molecular complexity index is 785. The van der Waals surface area contributed by atoms with Crippen LogP contribution in [0.15, 0.2) is 42.5 Å². The molecule has 0 saturated heterocycles. The third kappa shape index (κ3) is 6.13. The summed E-state index contributed by atoms with van der Waals surface area (Å²) in [6.07, 6.45) is 1.36. The summed E-state index contributed by atoms with van der Waals surface area (Å²) < 4.78 is 5.80. The van der Waals surface area contributed by atoms with Gasteiger partial charge in [-0.05, 0) is 68.7 Å². The van der Waals surface area contributed by atoms with E-state index in [2.05, 4.69) is 17.6 Å². The molecule has 0 aliphatic rings. The van der Waals surface area contributed by atoms with E-state index in [-0.39, 0.29) is 11.8 Å². The maximum Gasteiger partial charge on any atom is 0.265 e. The molecular formula is C22H28N2O3. The highest BCUT2D eigenvalue weighted by molar-refractivity contribution is 5.96. The molecule has 5 heteroatoms. The average molecular weight is 368 g/mol. The standard InChI is InChI=1S/C22H28N2O3/c1-5-6-13-23-22(26)18-9-11-19(12-10-18)24-21(25)17(4)27-20-14-15(2)7-8-16(20)3/h7-12,14,17H,5-6,13H2,1-4H3,(H,23,26)(H,24,25). The van der Waals surface area contributed by atoms with Gasteiger partial charge in [-0.3, -0.25) is 9.59 Å². The Balaban J connectivity index is 1.93. The van der Waals surface area contributed by atoms with E-state index in [1.807, 2.05) is 32.0 Å². The number of anilines is 1. The number of unbranched alkanes of at least 4 members (excludes halogenated alkanes) is 1. The van der Waals surface area contributed by atoms with Gasteiger partial charge in [0.05, 0.1) is 0 Å². The fourth-order valence-corrected chi connectivity index (χ4v) is 2.51. The van der Waals surface area contributed by atoms with Crippen LogP contribution >= 0.6 is 0 Å². The lowest BCUT2D eigenvalue weighted by Gasteiger charge is -2.17. The van der Waals surface area contributed by atoms with E-state index < -0.39 is 6.10 Å². The quantitative estimate of drug-likeness (QED) is 0.685. The van der Waals surface area contributed by atoms with Crippen molar-refractivity contribution in [1.29, 1.82) is 0 Å². The Morgan fingerprint density at radius 2 is 1.78 bits per heavy atom. The van der Waals surface area contributed by atoms with Gasteiger partial charge in [0, 0.05) is 17.8 Å².